The van der Waals surface area contributed by atoms with Crippen LogP contribution < -0.4 is 16.4 Å². The molecule has 158 valence electrons. The summed E-state index contributed by atoms with van der Waals surface area (Å²) in [6.07, 6.45) is 6.76. The van der Waals surface area contributed by atoms with E-state index in [1.807, 2.05) is 19.3 Å². The molecular formula is C22H27FN6O. The Labute approximate surface area is 174 Å². The summed E-state index contributed by atoms with van der Waals surface area (Å²) in [4.78, 5) is 15.9. The molecule has 1 saturated carbocycles. The number of aromatic nitrogens is 3. The van der Waals surface area contributed by atoms with Crippen molar-refractivity contribution in [1.82, 2.24) is 19.9 Å². The molecule has 3 aromatic heterocycles. The lowest BCUT2D eigenvalue weighted by Crippen LogP contribution is -2.53. The Hall–Kier alpha value is -3.00. The lowest BCUT2D eigenvalue weighted by molar-refractivity contribution is 0.100. The third kappa shape index (κ3) is 3.11. The molecule has 1 unspecified atom stereocenters. The number of carbonyl (C=O) groups excluding carboxylic acids is 1. The third-order valence-electron chi connectivity index (χ3n) is 7.06. The van der Waals surface area contributed by atoms with Gasteiger partial charge in [-0.3, -0.25) is 4.79 Å². The highest BCUT2D eigenvalue weighted by molar-refractivity contribution is 6.02. The molecule has 3 heterocycles. The van der Waals surface area contributed by atoms with Crippen LogP contribution >= 0.6 is 0 Å². The number of fused-ring (bicyclic) bond motifs is 1. The SMILES string of the molecule is CNC1(C)CC[C@@H](Nc2c(C(N)=O)cnn3cc(-c4ccc(F)nc4)cc23)C1(C)C. The van der Waals surface area contributed by atoms with Gasteiger partial charge in [-0.25, -0.2) is 9.50 Å². The molecule has 0 bridgehead atoms. The average Bonchev–Trinajstić information content (AvgIpc) is 3.23. The van der Waals surface area contributed by atoms with Crippen molar-refractivity contribution in [3.05, 3.63) is 48.3 Å². The smallest absolute Gasteiger partial charge is 0.252 e. The Morgan fingerprint density at radius 1 is 1.27 bits per heavy atom. The van der Waals surface area contributed by atoms with Crippen LogP contribution in [0.5, 0.6) is 0 Å². The largest absolute Gasteiger partial charge is 0.379 e. The zero-order valence-electron chi connectivity index (χ0n) is 17.7. The molecule has 0 aromatic carbocycles. The fraction of sp³-hybridized carbons (Fsp3) is 0.409. The van der Waals surface area contributed by atoms with Gasteiger partial charge in [0.15, 0.2) is 0 Å². The van der Waals surface area contributed by atoms with Crippen LogP contribution in [0.1, 0.15) is 44.0 Å². The summed E-state index contributed by atoms with van der Waals surface area (Å²) in [7, 11) is 1.99. The third-order valence-corrected chi connectivity index (χ3v) is 7.06. The minimum atomic E-state index is -0.536. The number of primary amides is 1. The zero-order valence-corrected chi connectivity index (χ0v) is 17.7. The molecule has 0 radical (unpaired) electrons. The molecule has 4 N–H and O–H groups in total. The Kier molecular flexibility index (Phi) is 4.77. The van der Waals surface area contributed by atoms with Crippen LogP contribution in [0.4, 0.5) is 10.1 Å². The van der Waals surface area contributed by atoms with Gasteiger partial charge in [0, 0.05) is 40.5 Å². The van der Waals surface area contributed by atoms with Crippen LogP contribution in [0.25, 0.3) is 16.6 Å². The van der Waals surface area contributed by atoms with Gasteiger partial charge >= 0.3 is 0 Å². The Bertz CT molecular complexity index is 1110. The number of pyridine rings is 1. The van der Waals surface area contributed by atoms with Crippen molar-refractivity contribution in [2.75, 3.05) is 12.4 Å². The molecule has 0 aliphatic heterocycles. The van der Waals surface area contributed by atoms with Gasteiger partial charge in [0.25, 0.3) is 5.91 Å². The van der Waals surface area contributed by atoms with Gasteiger partial charge < -0.3 is 16.4 Å². The van der Waals surface area contributed by atoms with Crippen LogP contribution in [-0.4, -0.2) is 39.1 Å². The van der Waals surface area contributed by atoms with Crippen molar-refractivity contribution in [3.8, 4) is 11.1 Å². The molecule has 1 fully saturated rings. The van der Waals surface area contributed by atoms with E-state index in [0.717, 1.165) is 29.5 Å². The maximum atomic E-state index is 13.2. The number of amides is 1. The van der Waals surface area contributed by atoms with Crippen LogP contribution in [0, 0.1) is 11.4 Å². The minimum absolute atomic E-state index is 0.0339. The number of rotatable bonds is 5. The highest BCUT2D eigenvalue weighted by Crippen LogP contribution is 2.47. The predicted octanol–water partition coefficient (Wildman–Crippen LogP) is 3.21. The van der Waals surface area contributed by atoms with Crippen LogP contribution in [-0.2, 0) is 0 Å². The standard InChI is InChI=1S/C22H27FN6O/c1-21(2)17(7-8-22(21,3)25-4)28-19-15(20(24)30)11-27-29-12-14(9-16(19)29)13-5-6-18(23)26-10-13/h5-6,9-12,17,25,28H,7-8H2,1-4H3,(H2,24,30)/t17-,22?/m1/s1. The van der Waals surface area contributed by atoms with Crippen LogP contribution in [0.2, 0.25) is 0 Å². The molecule has 7 nitrogen and oxygen atoms in total. The van der Waals surface area contributed by atoms with E-state index in [4.69, 9.17) is 5.73 Å². The van der Waals surface area contributed by atoms with E-state index in [1.165, 1.54) is 18.5 Å². The molecule has 0 saturated heterocycles. The van der Waals surface area contributed by atoms with Crippen molar-refractivity contribution < 1.29 is 9.18 Å². The molecule has 8 heteroatoms. The first-order valence-electron chi connectivity index (χ1n) is 10.0. The Morgan fingerprint density at radius 2 is 2.03 bits per heavy atom. The Morgan fingerprint density at radius 3 is 2.63 bits per heavy atom. The van der Waals surface area contributed by atoms with Gasteiger partial charge in [0.1, 0.15) is 0 Å². The average molecular weight is 410 g/mol. The fourth-order valence-corrected chi connectivity index (χ4v) is 4.47. The maximum absolute atomic E-state index is 13.2. The lowest BCUT2D eigenvalue weighted by Gasteiger charge is -2.42. The van der Waals surface area contributed by atoms with Crippen LogP contribution in [0.3, 0.4) is 0 Å². The van der Waals surface area contributed by atoms with E-state index in [9.17, 15) is 9.18 Å². The van der Waals surface area contributed by atoms with Crippen LogP contribution in [0.15, 0.2) is 36.8 Å². The van der Waals surface area contributed by atoms with E-state index in [-0.39, 0.29) is 17.0 Å². The zero-order chi connectivity index (χ0) is 21.7. The van der Waals surface area contributed by atoms with Gasteiger partial charge in [0.2, 0.25) is 5.95 Å². The summed E-state index contributed by atoms with van der Waals surface area (Å²) in [6.45, 7) is 6.68. The number of nitrogens with one attached hydrogen (secondary N) is 2. The molecule has 1 aliphatic carbocycles. The summed E-state index contributed by atoms with van der Waals surface area (Å²) in [5.74, 6) is -1.07. The first kappa shape index (κ1) is 20.3. The first-order valence-corrected chi connectivity index (χ1v) is 10.0. The highest BCUT2D eigenvalue weighted by atomic mass is 19.1. The highest BCUT2D eigenvalue weighted by Gasteiger charge is 2.51. The second-order valence-electron chi connectivity index (χ2n) is 8.77. The van der Waals surface area contributed by atoms with Crippen molar-refractivity contribution in [1.29, 1.82) is 0 Å². The number of carbonyl (C=O) groups is 1. The van der Waals surface area contributed by atoms with E-state index in [1.54, 1.807) is 10.6 Å². The predicted molar refractivity (Wildman–Crippen MR) is 115 cm³/mol. The molecule has 0 spiro atoms. The van der Waals surface area contributed by atoms with Gasteiger partial charge in [-0.1, -0.05) is 13.8 Å². The van der Waals surface area contributed by atoms with E-state index >= 15 is 0 Å². The molecule has 2 atom stereocenters. The molecule has 30 heavy (non-hydrogen) atoms. The first-order chi connectivity index (χ1) is 14.2. The second kappa shape index (κ2) is 7.05. The number of halogens is 1. The summed E-state index contributed by atoms with van der Waals surface area (Å²) < 4.78 is 14.9. The monoisotopic (exact) mass is 410 g/mol. The van der Waals surface area contributed by atoms with Crippen molar-refractivity contribution in [3.63, 3.8) is 0 Å². The van der Waals surface area contributed by atoms with Gasteiger partial charge in [-0.2, -0.15) is 9.49 Å². The lowest BCUT2D eigenvalue weighted by atomic mass is 9.74. The van der Waals surface area contributed by atoms with Gasteiger partial charge in [-0.15, -0.1) is 0 Å². The summed E-state index contributed by atoms with van der Waals surface area (Å²) in [5.41, 5.74) is 8.89. The topological polar surface area (TPSA) is 97.3 Å². The maximum Gasteiger partial charge on any atom is 0.252 e. The minimum Gasteiger partial charge on any atom is -0.379 e. The Balaban J connectivity index is 1.80. The van der Waals surface area contributed by atoms with E-state index < -0.39 is 11.9 Å². The second-order valence-corrected chi connectivity index (χ2v) is 8.77. The van der Waals surface area contributed by atoms with Gasteiger partial charge in [0.05, 0.1) is 23.0 Å². The molecule has 3 aromatic rings. The molecular weight excluding hydrogens is 383 g/mol. The molecule has 4 rings (SSSR count). The number of nitrogens with zero attached hydrogens (tertiary/aromatic N) is 3. The number of nitrogens with two attached hydrogens (primary N) is 1. The van der Waals surface area contributed by atoms with Gasteiger partial charge in [-0.05, 0) is 45.0 Å². The molecule has 1 aliphatic rings. The van der Waals surface area contributed by atoms with Crippen molar-refractivity contribution >= 4 is 17.1 Å². The van der Waals surface area contributed by atoms with Crippen molar-refractivity contribution in [2.24, 2.45) is 11.1 Å². The number of hydrogen-bond donors (Lipinski definition) is 3. The summed E-state index contributed by atoms with van der Waals surface area (Å²) in [6, 6.07) is 5.02. The number of hydrogen-bond acceptors (Lipinski definition) is 5. The quantitative estimate of drug-likeness (QED) is 0.561. The fourth-order valence-electron chi connectivity index (χ4n) is 4.47. The number of anilines is 1. The molecule has 1 amide bonds. The van der Waals surface area contributed by atoms with E-state index in [0.29, 0.717) is 11.3 Å². The van der Waals surface area contributed by atoms with E-state index in [2.05, 4.69) is 41.5 Å². The summed E-state index contributed by atoms with van der Waals surface area (Å²) in [5, 5.41) is 11.4. The normalized spacial score (nSPS) is 23.0. The summed E-state index contributed by atoms with van der Waals surface area (Å²) >= 11 is 0. The van der Waals surface area contributed by atoms with Crippen molar-refractivity contribution in [2.45, 2.75) is 45.2 Å².